The van der Waals surface area contributed by atoms with E-state index in [1.807, 2.05) is 4.98 Å². The van der Waals surface area contributed by atoms with Gasteiger partial charge in [0, 0.05) is 10.4 Å². The lowest BCUT2D eigenvalue weighted by Crippen LogP contribution is -2.26. The molecule has 1 aromatic rings. The zero-order valence-corrected chi connectivity index (χ0v) is 7.83. The molecule has 0 saturated carbocycles. The molecule has 15 heavy (non-hydrogen) atoms. The van der Waals surface area contributed by atoms with Gasteiger partial charge in [0.05, 0.1) is 0 Å². The molecule has 1 rings (SSSR count). The molecule has 0 saturated heterocycles. The first-order chi connectivity index (χ1) is 6.61. The maximum Gasteiger partial charge on any atom is 0.327 e. The van der Waals surface area contributed by atoms with Crippen molar-refractivity contribution < 1.29 is 17.5 Å². The van der Waals surface area contributed by atoms with Gasteiger partial charge in [0.15, 0.2) is 0 Å². The maximum absolute atomic E-state index is 10.6. The van der Waals surface area contributed by atoms with Gasteiger partial charge < -0.3 is 20.6 Å². The third-order valence-corrected chi connectivity index (χ3v) is 1.01. The highest BCUT2D eigenvalue weighted by Gasteiger charge is 1.98. The highest BCUT2D eigenvalue weighted by Crippen LogP contribution is 1.96. The van der Waals surface area contributed by atoms with Crippen LogP contribution in [0.3, 0.4) is 0 Å². The fourth-order valence-corrected chi connectivity index (χ4v) is 0.514. The quantitative estimate of drug-likeness (QED) is 0.268. The van der Waals surface area contributed by atoms with Gasteiger partial charge >= 0.3 is 5.69 Å². The SMILES string of the molecule is Nc1[nH]c(=O)[nH]c(=O)c1N.O=S(=O)([O-])[O-]. The van der Waals surface area contributed by atoms with Crippen LogP contribution in [0.5, 0.6) is 0 Å². The Hall–Kier alpha value is -1.85. The van der Waals surface area contributed by atoms with Crippen molar-refractivity contribution in [2.75, 3.05) is 11.5 Å². The van der Waals surface area contributed by atoms with E-state index < -0.39 is 21.6 Å². The maximum atomic E-state index is 10.6. The van der Waals surface area contributed by atoms with Gasteiger partial charge in [-0.2, -0.15) is 0 Å². The summed E-state index contributed by atoms with van der Waals surface area (Å²) in [6, 6.07) is 0. The summed E-state index contributed by atoms with van der Waals surface area (Å²) >= 11 is 0. The molecule has 1 aromatic heterocycles. The molecule has 0 aliphatic carbocycles. The minimum Gasteiger partial charge on any atom is -0.759 e. The van der Waals surface area contributed by atoms with Gasteiger partial charge in [-0.05, 0) is 0 Å². The molecule has 0 radical (unpaired) electrons. The number of anilines is 2. The Morgan fingerprint density at radius 2 is 1.47 bits per heavy atom. The smallest absolute Gasteiger partial charge is 0.327 e. The fourth-order valence-electron chi connectivity index (χ4n) is 0.514. The monoisotopic (exact) mass is 238 g/mol. The van der Waals surface area contributed by atoms with Gasteiger partial charge in [-0.3, -0.25) is 23.2 Å². The van der Waals surface area contributed by atoms with E-state index in [0.29, 0.717) is 0 Å². The van der Waals surface area contributed by atoms with E-state index >= 15 is 0 Å². The first-order valence-corrected chi connectivity index (χ1v) is 4.49. The molecule has 10 nitrogen and oxygen atoms in total. The van der Waals surface area contributed by atoms with E-state index in [9.17, 15) is 9.59 Å². The number of aromatic amines is 2. The second-order valence-corrected chi connectivity index (χ2v) is 2.96. The number of rotatable bonds is 0. The lowest BCUT2D eigenvalue weighted by molar-refractivity contribution is 0.352. The van der Waals surface area contributed by atoms with Crippen molar-refractivity contribution in [3.05, 3.63) is 20.8 Å². The predicted molar refractivity (Wildman–Crippen MR) is 47.0 cm³/mol. The lowest BCUT2D eigenvalue weighted by atomic mass is 10.5. The summed E-state index contributed by atoms with van der Waals surface area (Å²) < 4.78 is 34.1. The minimum atomic E-state index is -5.17. The van der Waals surface area contributed by atoms with Gasteiger partial charge in [-0.1, -0.05) is 0 Å². The molecule has 0 amide bonds. The fraction of sp³-hybridized carbons (Fsp3) is 0. The summed E-state index contributed by atoms with van der Waals surface area (Å²) in [5, 5.41) is 0. The predicted octanol–water partition coefficient (Wildman–Crippen LogP) is -3.11. The third kappa shape index (κ3) is 6.25. The van der Waals surface area contributed by atoms with Crippen LogP contribution in [0.2, 0.25) is 0 Å². The molecule has 0 aliphatic heterocycles. The van der Waals surface area contributed by atoms with Gasteiger partial charge in [0.2, 0.25) is 0 Å². The Labute approximate surface area is 82.5 Å². The first kappa shape index (κ1) is 13.2. The van der Waals surface area contributed by atoms with Crippen molar-refractivity contribution in [2.24, 2.45) is 0 Å². The molecule has 0 fully saturated rings. The number of hydrogen-bond donors (Lipinski definition) is 4. The van der Waals surface area contributed by atoms with Crippen LogP contribution >= 0.6 is 0 Å². The van der Waals surface area contributed by atoms with E-state index in [1.165, 1.54) is 0 Å². The van der Waals surface area contributed by atoms with Crippen LogP contribution in [-0.4, -0.2) is 27.5 Å². The molecule has 11 heteroatoms. The number of nitrogens with two attached hydrogens (primary N) is 2. The summed E-state index contributed by atoms with van der Waals surface area (Å²) in [4.78, 5) is 25.0. The van der Waals surface area contributed by atoms with Crippen molar-refractivity contribution >= 4 is 21.9 Å². The second-order valence-electron chi connectivity index (χ2n) is 2.14. The van der Waals surface area contributed by atoms with Crippen molar-refractivity contribution in [2.45, 2.75) is 0 Å². The molecule has 0 spiro atoms. The van der Waals surface area contributed by atoms with Crippen molar-refractivity contribution in [1.82, 2.24) is 9.97 Å². The minimum absolute atomic E-state index is 0.103. The van der Waals surface area contributed by atoms with E-state index in [0.717, 1.165) is 0 Å². The first-order valence-electron chi connectivity index (χ1n) is 3.15. The molecule has 0 aliphatic rings. The lowest BCUT2D eigenvalue weighted by Gasteiger charge is -2.06. The number of hydrogen-bond acceptors (Lipinski definition) is 8. The summed E-state index contributed by atoms with van der Waals surface area (Å²) in [5.74, 6) is -0.103. The number of nitrogen functional groups attached to an aromatic ring is 2. The Bertz CT molecular complexity index is 533. The largest absolute Gasteiger partial charge is 0.759 e. The molecule has 86 valence electrons. The van der Waals surface area contributed by atoms with Gasteiger partial charge in [0.1, 0.15) is 11.5 Å². The van der Waals surface area contributed by atoms with Crippen molar-refractivity contribution in [3.63, 3.8) is 0 Å². The van der Waals surface area contributed by atoms with Crippen molar-refractivity contribution in [1.29, 1.82) is 0 Å². The standard InChI is InChI=1S/C4H6N4O2.H2O4S/c5-1-2(6)7-4(10)8-3(1)9;1-5(2,3)4/h5H2,(H4,6,7,8,9,10);(H2,1,2,3,4)/p-2. The zero-order chi connectivity index (χ0) is 12.2. The molecule has 0 bridgehead atoms. The van der Waals surface area contributed by atoms with Crippen molar-refractivity contribution in [3.8, 4) is 0 Å². The van der Waals surface area contributed by atoms with Crippen LogP contribution in [0.15, 0.2) is 9.59 Å². The summed E-state index contributed by atoms with van der Waals surface area (Å²) in [6.07, 6.45) is 0. The van der Waals surface area contributed by atoms with E-state index in [2.05, 4.69) is 4.98 Å². The Morgan fingerprint density at radius 3 is 1.80 bits per heavy atom. The summed E-state index contributed by atoms with van der Waals surface area (Å²) in [6.45, 7) is 0. The molecule has 0 atom stereocenters. The normalized spacial score (nSPS) is 10.3. The van der Waals surface area contributed by atoms with Crippen LogP contribution in [0, 0.1) is 0 Å². The number of aromatic nitrogens is 2. The summed E-state index contributed by atoms with van der Waals surface area (Å²) in [7, 11) is -5.17. The topological polar surface area (TPSA) is 198 Å². The van der Waals surface area contributed by atoms with Crippen LogP contribution in [0.4, 0.5) is 11.5 Å². The molecular weight excluding hydrogens is 232 g/mol. The Morgan fingerprint density at radius 1 is 1.07 bits per heavy atom. The van der Waals surface area contributed by atoms with E-state index in [-0.39, 0.29) is 11.5 Å². The molecule has 6 N–H and O–H groups in total. The third-order valence-electron chi connectivity index (χ3n) is 1.01. The van der Waals surface area contributed by atoms with Gasteiger partial charge in [0.25, 0.3) is 5.56 Å². The molecular formula is C4H6N4O6S-2. The van der Waals surface area contributed by atoms with Crippen LogP contribution in [0.25, 0.3) is 0 Å². The van der Waals surface area contributed by atoms with Crippen LogP contribution in [0.1, 0.15) is 0 Å². The number of H-pyrrole nitrogens is 2. The molecule has 0 aromatic carbocycles. The average molecular weight is 238 g/mol. The summed E-state index contributed by atoms with van der Waals surface area (Å²) in [5.41, 5.74) is 8.74. The number of nitrogens with one attached hydrogen (secondary N) is 2. The highest BCUT2D eigenvalue weighted by atomic mass is 32.3. The highest BCUT2D eigenvalue weighted by molar-refractivity contribution is 7.79. The zero-order valence-electron chi connectivity index (χ0n) is 7.01. The van der Waals surface area contributed by atoms with Gasteiger partial charge in [-0.15, -0.1) is 0 Å². The van der Waals surface area contributed by atoms with E-state index in [1.54, 1.807) is 0 Å². The molecule has 0 unspecified atom stereocenters. The average Bonchev–Trinajstić information content (AvgIpc) is 1.96. The van der Waals surface area contributed by atoms with E-state index in [4.69, 9.17) is 29.0 Å². The Balaban J connectivity index is 0.000000336. The van der Waals surface area contributed by atoms with Crippen LogP contribution < -0.4 is 22.7 Å². The van der Waals surface area contributed by atoms with Crippen LogP contribution in [-0.2, 0) is 10.4 Å². The second kappa shape index (κ2) is 4.59. The Kier molecular flexibility index (Phi) is 4.02. The molecule has 1 heterocycles. The van der Waals surface area contributed by atoms with Gasteiger partial charge in [-0.25, -0.2) is 4.79 Å².